The Hall–Kier alpha value is -1.88. The first-order valence-corrected chi connectivity index (χ1v) is 8.96. The standard InChI is InChI=1S/C19H24N2O3/c22-18-11-15(13-20(18)12-14-5-2-1-3-6-14)19(23)21-9-10-24-17-8-4-7-16(17)21/h1-3,5-6,15-17H,4,7-13H2/t15-,16-,17-/m0/s1. The number of carbonyl (C=O) groups is 2. The van der Waals surface area contributed by atoms with Crippen LogP contribution in [0.25, 0.3) is 0 Å². The summed E-state index contributed by atoms with van der Waals surface area (Å²) in [5, 5.41) is 0. The molecule has 0 unspecified atom stereocenters. The summed E-state index contributed by atoms with van der Waals surface area (Å²) in [6.07, 6.45) is 3.77. The van der Waals surface area contributed by atoms with Crippen molar-refractivity contribution in [2.45, 2.75) is 44.4 Å². The molecule has 24 heavy (non-hydrogen) atoms. The summed E-state index contributed by atoms with van der Waals surface area (Å²) in [5.41, 5.74) is 1.11. The van der Waals surface area contributed by atoms with Crippen molar-refractivity contribution in [2.24, 2.45) is 5.92 Å². The highest BCUT2D eigenvalue weighted by molar-refractivity contribution is 5.89. The van der Waals surface area contributed by atoms with E-state index in [0.717, 1.165) is 24.8 Å². The predicted octanol–water partition coefficient (Wildman–Crippen LogP) is 1.81. The van der Waals surface area contributed by atoms with E-state index in [1.165, 1.54) is 0 Å². The van der Waals surface area contributed by atoms with E-state index in [4.69, 9.17) is 4.74 Å². The largest absolute Gasteiger partial charge is 0.374 e. The SMILES string of the molecule is O=C1C[C@H](C(=O)N2CCO[C@H]3CCC[C@@H]32)CN1Cc1ccccc1. The van der Waals surface area contributed by atoms with Crippen molar-refractivity contribution in [3.63, 3.8) is 0 Å². The van der Waals surface area contributed by atoms with Crippen LogP contribution < -0.4 is 0 Å². The molecular weight excluding hydrogens is 304 g/mol. The maximum Gasteiger partial charge on any atom is 0.228 e. The smallest absolute Gasteiger partial charge is 0.228 e. The summed E-state index contributed by atoms with van der Waals surface area (Å²) in [5.74, 6) is 0.0492. The lowest BCUT2D eigenvalue weighted by Gasteiger charge is -2.38. The average Bonchev–Trinajstić information content (AvgIpc) is 3.22. The Labute approximate surface area is 142 Å². The Morgan fingerprint density at radius 1 is 1.21 bits per heavy atom. The van der Waals surface area contributed by atoms with Crippen molar-refractivity contribution in [1.82, 2.24) is 9.80 Å². The van der Waals surface area contributed by atoms with E-state index >= 15 is 0 Å². The number of carbonyl (C=O) groups excluding carboxylic acids is 2. The maximum atomic E-state index is 13.0. The fourth-order valence-corrected chi connectivity index (χ4v) is 4.33. The lowest BCUT2D eigenvalue weighted by Crippen LogP contribution is -2.53. The Kier molecular flexibility index (Phi) is 4.27. The molecule has 2 saturated heterocycles. The number of rotatable bonds is 3. The van der Waals surface area contributed by atoms with Gasteiger partial charge < -0.3 is 14.5 Å². The zero-order chi connectivity index (χ0) is 16.5. The number of hydrogen-bond acceptors (Lipinski definition) is 3. The number of morpholine rings is 1. The molecule has 5 heteroatoms. The van der Waals surface area contributed by atoms with E-state index in [2.05, 4.69) is 0 Å². The van der Waals surface area contributed by atoms with Gasteiger partial charge in [-0.2, -0.15) is 0 Å². The molecule has 1 saturated carbocycles. The normalized spacial score (nSPS) is 29.8. The maximum absolute atomic E-state index is 13.0. The molecule has 0 bridgehead atoms. The van der Waals surface area contributed by atoms with Gasteiger partial charge in [0.25, 0.3) is 0 Å². The lowest BCUT2D eigenvalue weighted by molar-refractivity contribution is -0.148. The quantitative estimate of drug-likeness (QED) is 0.850. The summed E-state index contributed by atoms with van der Waals surface area (Å²) in [4.78, 5) is 29.1. The zero-order valence-electron chi connectivity index (χ0n) is 13.9. The second kappa shape index (κ2) is 6.55. The monoisotopic (exact) mass is 328 g/mol. The third-order valence-corrected chi connectivity index (χ3v) is 5.55. The Bertz CT molecular complexity index is 618. The second-order valence-corrected chi connectivity index (χ2v) is 7.10. The minimum Gasteiger partial charge on any atom is -0.374 e. The number of benzene rings is 1. The number of fused-ring (bicyclic) bond motifs is 1. The number of nitrogens with zero attached hydrogens (tertiary/aromatic N) is 2. The van der Waals surface area contributed by atoms with Gasteiger partial charge in [0.05, 0.1) is 24.7 Å². The zero-order valence-corrected chi connectivity index (χ0v) is 13.9. The summed E-state index contributed by atoms with van der Waals surface area (Å²) in [7, 11) is 0. The first kappa shape index (κ1) is 15.6. The van der Waals surface area contributed by atoms with Crippen LogP contribution in [0, 0.1) is 5.92 Å². The molecule has 2 amide bonds. The molecule has 0 N–H and O–H groups in total. The molecule has 3 fully saturated rings. The van der Waals surface area contributed by atoms with E-state index in [1.54, 1.807) is 0 Å². The molecule has 0 spiro atoms. The van der Waals surface area contributed by atoms with Crippen LogP contribution in [0.3, 0.4) is 0 Å². The van der Waals surface area contributed by atoms with E-state index in [0.29, 0.717) is 32.7 Å². The van der Waals surface area contributed by atoms with Crippen molar-refractivity contribution in [3.05, 3.63) is 35.9 Å². The molecule has 3 aliphatic rings. The topological polar surface area (TPSA) is 49.9 Å². The molecule has 1 aromatic carbocycles. The van der Waals surface area contributed by atoms with Crippen LogP contribution in [-0.2, 0) is 20.9 Å². The van der Waals surface area contributed by atoms with Gasteiger partial charge in [0.1, 0.15) is 0 Å². The van der Waals surface area contributed by atoms with Crippen LogP contribution >= 0.6 is 0 Å². The Morgan fingerprint density at radius 3 is 2.88 bits per heavy atom. The van der Waals surface area contributed by atoms with Gasteiger partial charge in [-0.25, -0.2) is 0 Å². The number of hydrogen-bond donors (Lipinski definition) is 0. The van der Waals surface area contributed by atoms with Gasteiger partial charge in [-0.15, -0.1) is 0 Å². The van der Waals surface area contributed by atoms with Crippen molar-refractivity contribution in [1.29, 1.82) is 0 Å². The molecular formula is C19H24N2O3. The van der Waals surface area contributed by atoms with Gasteiger partial charge in [-0.3, -0.25) is 9.59 Å². The van der Waals surface area contributed by atoms with Crippen LogP contribution in [0.5, 0.6) is 0 Å². The highest BCUT2D eigenvalue weighted by Crippen LogP contribution is 2.32. The molecule has 2 heterocycles. The minimum absolute atomic E-state index is 0.0911. The highest BCUT2D eigenvalue weighted by atomic mass is 16.5. The molecule has 4 rings (SSSR count). The van der Waals surface area contributed by atoms with Crippen LogP contribution in [-0.4, -0.2) is 53.5 Å². The van der Waals surface area contributed by atoms with E-state index in [-0.39, 0.29) is 29.9 Å². The Morgan fingerprint density at radius 2 is 2.04 bits per heavy atom. The Balaban J connectivity index is 1.41. The van der Waals surface area contributed by atoms with Gasteiger partial charge in [0.15, 0.2) is 0 Å². The lowest BCUT2D eigenvalue weighted by atomic mass is 10.0. The van der Waals surface area contributed by atoms with Gasteiger partial charge >= 0.3 is 0 Å². The van der Waals surface area contributed by atoms with Crippen LogP contribution in [0.15, 0.2) is 30.3 Å². The molecule has 1 aromatic rings. The average molecular weight is 328 g/mol. The summed E-state index contributed by atoms with van der Waals surface area (Å²) < 4.78 is 5.79. The summed E-state index contributed by atoms with van der Waals surface area (Å²) in [6.45, 7) is 2.44. The van der Waals surface area contributed by atoms with Crippen LogP contribution in [0.4, 0.5) is 0 Å². The third-order valence-electron chi connectivity index (χ3n) is 5.55. The van der Waals surface area contributed by atoms with E-state index in [1.807, 2.05) is 40.1 Å². The fraction of sp³-hybridized carbons (Fsp3) is 0.579. The highest BCUT2D eigenvalue weighted by Gasteiger charge is 2.43. The second-order valence-electron chi connectivity index (χ2n) is 7.10. The summed E-state index contributed by atoms with van der Waals surface area (Å²) >= 11 is 0. The number of amides is 2. The fourth-order valence-electron chi connectivity index (χ4n) is 4.33. The van der Waals surface area contributed by atoms with Crippen molar-refractivity contribution in [2.75, 3.05) is 19.7 Å². The van der Waals surface area contributed by atoms with Gasteiger partial charge in [0.2, 0.25) is 11.8 Å². The van der Waals surface area contributed by atoms with Crippen LogP contribution in [0.2, 0.25) is 0 Å². The first-order valence-electron chi connectivity index (χ1n) is 8.96. The predicted molar refractivity (Wildman–Crippen MR) is 89.1 cm³/mol. The van der Waals surface area contributed by atoms with E-state index in [9.17, 15) is 9.59 Å². The van der Waals surface area contributed by atoms with Crippen molar-refractivity contribution < 1.29 is 14.3 Å². The molecule has 2 aliphatic heterocycles. The van der Waals surface area contributed by atoms with Crippen molar-refractivity contribution in [3.8, 4) is 0 Å². The van der Waals surface area contributed by atoms with Gasteiger partial charge in [-0.05, 0) is 24.8 Å². The van der Waals surface area contributed by atoms with E-state index < -0.39 is 0 Å². The third kappa shape index (κ3) is 2.93. The molecule has 5 nitrogen and oxygen atoms in total. The first-order chi connectivity index (χ1) is 11.7. The molecule has 128 valence electrons. The van der Waals surface area contributed by atoms with Crippen LogP contribution in [0.1, 0.15) is 31.2 Å². The van der Waals surface area contributed by atoms with Gasteiger partial charge in [0, 0.05) is 26.1 Å². The molecule has 3 atom stereocenters. The number of ether oxygens (including phenoxy) is 1. The molecule has 0 radical (unpaired) electrons. The molecule has 0 aromatic heterocycles. The summed E-state index contributed by atoms with van der Waals surface area (Å²) in [6, 6.07) is 10.2. The van der Waals surface area contributed by atoms with Crippen molar-refractivity contribution >= 4 is 11.8 Å². The molecule has 1 aliphatic carbocycles. The van der Waals surface area contributed by atoms with Gasteiger partial charge in [-0.1, -0.05) is 30.3 Å². The minimum atomic E-state index is -0.194. The number of likely N-dealkylation sites (tertiary alicyclic amines) is 1.